The third-order valence-corrected chi connectivity index (χ3v) is 5.19. The lowest BCUT2D eigenvalue weighted by Crippen LogP contribution is -2.03. The Hall–Kier alpha value is -1.89. The Kier molecular flexibility index (Phi) is 5.73. The highest BCUT2D eigenvalue weighted by Gasteiger charge is 2.17. The number of benzene rings is 2. The Morgan fingerprint density at radius 3 is 2.52 bits per heavy atom. The number of hydrogen-bond acceptors (Lipinski definition) is 5. The van der Waals surface area contributed by atoms with Gasteiger partial charge in [0.25, 0.3) is 0 Å². The highest BCUT2D eigenvalue weighted by molar-refractivity contribution is 9.10. The Labute approximate surface area is 162 Å². The van der Waals surface area contributed by atoms with Crippen LogP contribution in [-0.4, -0.2) is 18.1 Å². The van der Waals surface area contributed by atoms with Gasteiger partial charge >= 0.3 is 5.97 Å². The minimum Gasteiger partial charge on any atom is -0.469 e. The van der Waals surface area contributed by atoms with Crippen LogP contribution in [0.3, 0.4) is 0 Å². The van der Waals surface area contributed by atoms with Crippen LogP contribution in [0.5, 0.6) is 0 Å². The van der Waals surface area contributed by atoms with Crippen molar-refractivity contribution in [3.63, 3.8) is 0 Å². The van der Waals surface area contributed by atoms with E-state index in [0.717, 1.165) is 26.3 Å². The summed E-state index contributed by atoms with van der Waals surface area (Å²) < 4.78 is 5.80. The third-order valence-electron chi connectivity index (χ3n) is 3.44. The first-order chi connectivity index (χ1) is 12.0. The van der Waals surface area contributed by atoms with Crippen molar-refractivity contribution in [2.75, 3.05) is 12.4 Å². The van der Waals surface area contributed by atoms with Crippen LogP contribution in [0.1, 0.15) is 4.88 Å². The Morgan fingerprint density at radius 1 is 1.20 bits per heavy atom. The molecule has 0 bridgehead atoms. The summed E-state index contributed by atoms with van der Waals surface area (Å²) in [7, 11) is 1.38. The van der Waals surface area contributed by atoms with Gasteiger partial charge in [-0.05, 0) is 36.4 Å². The maximum absolute atomic E-state index is 11.7. The molecular formula is C18H14BrClN2O2S. The van der Waals surface area contributed by atoms with Gasteiger partial charge in [0.2, 0.25) is 0 Å². The number of aromatic nitrogens is 1. The average molecular weight is 438 g/mol. The molecule has 0 aliphatic heterocycles. The van der Waals surface area contributed by atoms with Gasteiger partial charge in [0.15, 0.2) is 5.13 Å². The second-order valence-corrected chi connectivity index (χ2v) is 7.62. The van der Waals surface area contributed by atoms with Crippen LogP contribution in [0.4, 0.5) is 10.8 Å². The van der Waals surface area contributed by atoms with E-state index >= 15 is 0 Å². The third kappa shape index (κ3) is 4.60. The smallest absolute Gasteiger partial charge is 0.310 e. The fourth-order valence-electron chi connectivity index (χ4n) is 2.22. The number of halogens is 2. The Balaban J connectivity index is 1.94. The fraction of sp³-hybridized carbons (Fsp3) is 0.111. The second kappa shape index (κ2) is 7.99. The monoisotopic (exact) mass is 436 g/mol. The largest absolute Gasteiger partial charge is 0.469 e. The van der Waals surface area contributed by atoms with E-state index in [2.05, 4.69) is 26.2 Å². The highest BCUT2D eigenvalue weighted by atomic mass is 79.9. The van der Waals surface area contributed by atoms with Gasteiger partial charge in [0, 0.05) is 25.6 Å². The lowest BCUT2D eigenvalue weighted by atomic mass is 10.1. The van der Waals surface area contributed by atoms with E-state index in [4.69, 9.17) is 16.3 Å². The molecular weight excluding hydrogens is 424 g/mol. The molecule has 25 heavy (non-hydrogen) atoms. The van der Waals surface area contributed by atoms with E-state index in [1.54, 1.807) is 12.1 Å². The minimum absolute atomic E-state index is 0.175. The zero-order valence-corrected chi connectivity index (χ0v) is 16.4. The number of carbonyl (C=O) groups is 1. The number of thiazole rings is 1. The van der Waals surface area contributed by atoms with Crippen LogP contribution in [-0.2, 0) is 16.0 Å². The fourth-order valence-corrected chi connectivity index (χ4v) is 3.60. The van der Waals surface area contributed by atoms with Gasteiger partial charge in [-0.1, -0.05) is 39.7 Å². The number of hydrogen-bond donors (Lipinski definition) is 1. The first-order valence-electron chi connectivity index (χ1n) is 7.40. The molecule has 1 heterocycles. The van der Waals surface area contributed by atoms with Gasteiger partial charge in [-0.25, -0.2) is 4.98 Å². The topological polar surface area (TPSA) is 51.2 Å². The molecule has 0 saturated heterocycles. The Morgan fingerprint density at radius 2 is 1.88 bits per heavy atom. The summed E-state index contributed by atoms with van der Waals surface area (Å²) in [6.07, 6.45) is 0.175. The standard InChI is InChI=1S/C18H14BrClN2O2S/c1-24-16(23)10-15-17(11-2-6-13(20)7-3-11)22-18(25-15)21-14-8-4-12(19)5-9-14/h2-9H,10H2,1H3,(H,21,22). The molecule has 0 spiro atoms. The molecule has 2 aromatic carbocycles. The maximum atomic E-state index is 11.7. The van der Waals surface area contributed by atoms with Crippen molar-refractivity contribution < 1.29 is 9.53 Å². The van der Waals surface area contributed by atoms with Crippen molar-refractivity contribution >= 4 is 55.7 Å². The molecule has 0 fully saturated rings. The van der Waals surface area contributed by atoms with Gasteiger partial charge in [0.05, 0.1) is 19.2 Å². The van der Waals surface area contributed by atoms with Crippen molar-refractivity contribution in [1.29, 1.82) is 0 Å². The summed E-state index contributed by atoms with van der Waals surface area (Å²) in [5, 5.41) is 4.64. The van der Waals surface area contributed by atoms with E-state index in [-0.39, 0.29) is 12.4 Å². The Bertz CT molecular complexity index is 879. The molecule has 0 radical (unpaired) electrons. The van der Waals surface area contributed by atoms with Gasteiger partial charge in [0.1, 0.15) is 0 Å². The maximum Gasteiger partial charge on any atom is 0.310 e. The van der Waals surface area contributed by atoms with Gasteiger partial charge < -0.3 is 10.1 Å². The van der Waals surface area contributed by atoms with Crippen LogP contribution in [0.25, 0.3) is 11.3 Å². The van der Waals surface area contributed by atoms with Crippen LogP contribution in [0, 0.1) is 0 Å². The molecule has 1 aromatic heterocycles. The normalized spacial score (nSPS) is 10.5. The summed E-state index contributed by atoms with van der Waals surface area (Å²) >= 11 is 10.8. The van der Waals surface area contributed by atoms with Gasteiger partial charge in [-0.15, -0.1) is 11.3 Å². The molecule has 128 valence electrons. The van der Waals surface area contributed by atoms with Crippen molar-refractivity contribution in [3.8, 4) is 11.3 Å². The van der Waals surface area contributed by atoms with Gasteiger partial charge in [-0.3, -0.25) is 4.79 Å². The van der Waals surface area contributed by atoms with E-state index in [1.165, 1.54) is 18.4 Å². The lowest BCUT2D eigenvalue weighted by Gasteiger charge is -2.02. The molecule has 0 amide bonds. The number of anilines is 2. The predicted octanol–water partition coefficient (Wildman–Crippen LogP) is 5.69. The second-order valence-electron chi connectivity index (χ2n) is 5.18. The number of carbonyl (C=O) groups excluding carboxylic acids is 1. The molecule has 3 aromatic rings. The van der Waals surface area contributed by atoms with Crippen molar-refractivity contribution in [3.05, 3.63) is 62.9 Å². The summed E-state index contributed by atoms with van der Waals surface area (Å²) in [4.78, 5) is 17.2. The molecule has 3 rings (SSSR count). The van der Waals surface area contributed by atoms with Crippen LogP contribution >= 0.6 is 38.9 Å². The lowest BCUT2D eigenvalue weighted by molar-refractivity contribution is -0.139. The molecule has 0 atom stereocenters. The molecule has 0 aliphatic carbocycles. The number of nitrogens with zero attached hydrogens (tertiary/aromatic N) is 1. The zero-order chi connectivity index (χ0) is 17.8. The number of ether oxygens (including phenoxy) is 1. The summed E-state index contributed by atoms with van der Waals surface area (Å²) in [5.74, 6) is -0.297. The molecule has 1 N–H and O–H groups in total. The van der Waals surface area contributed by atoms with Crippen molar-refractivity contribution in [1.82, 2.24) is 4.98 Å². The summed E-state index contributed by atoms with van der Waals surface area (Å²) in [6.45, 7) is 0. The molecule has 0 aliphatic rings. The molecule has 4 nitrogen and oxygen atoms in total. The van der Waals surface area contributed by atoms with Gasteiger partial charge in [-0.2, -0.15) is 0 Å². The SMILES string of the molecule is COC(=O)Cc1sc(Nc2ccc(Br)cc2)nc1-c1ccc(Cl)cc1. The molecule has 7 heteroatoms. The van der Waals surface area contributed by atoms with E-state index in [1.807, 2.05) is 36.4 Å². The zero-order valence-electron chi connectivity index (χ0n) is 13.3. The highest BCUT2D eigenvalue weighted by Crippen LogP contribution is 2.34. The van der Waals surface area contributed by atoms with E-state index in [0.29, 0.717) is 10.2 Å². The number of rotatable bonds is 5. The number of nitrogens with one attached hydrogen (secondary N) is 1. The quantitative estimate of drug-likeness (QED) is 0.521. The van der Waals surface area contributed by atoms with E-state index in [9.17, 15) is 4.79 Å². The van der Waals surface area contributed by atoms with Crippen LogP contribution < -0.4 is 5.32 Å². The van der Waals surface area contributed by atoms with Crippen LogP contribution in [0.2, 0.25) is 5.02 Å². The van der Waals surface area contributed by atoms with Crippen LogP contribution in [0.15, 0.2) is 53.0 Å². The molecule has 0 saturated carbocycles. The summed E-state index contributed by atoms with van der Waals surface area (Å²) in [6, 6.07) is 15.2. The number of esters is 1. The van der Waals surface area contributed by atoms with Crippen molar-refractivity contribution in [2.45, 2.75) is 6.42 Å². The first-order valence-corrected chi connectivity index (χ1v) is 9.39. The van der Waals surface area contributed by atoms with Crippen molar-refractivity contribution in [2.24, 2.45) is 0 Å². The average Bonchev–Trinajstić information content (AvgIpc) is 2.99. The number of methoxy groups -OCH3 is 1. The molecule has 0 unspecified atom stereocenters. The predicted molar refractivity (Wildman–Crippen MR) is 106 cm³/mol. The minimum atomic E-state index is -0.297. The van der Waals surface area contributed by atoms with E-state index < -0.39 is 0 Å². The first kappa shape index (κ1) is 17.9. The summed E-state index contributed by atoms with van der Waals surface area (Å²) in [5.41, 5.74) is 2.58.